The van der Waals surface area contributed by atoms with Gasteiger partial charge in [0, 0.05) is 25.9 Å². The normalized spacial score (nSPS) is 19.9. The molecule has 2 N–H and O–H groups in total. The van der Waals surface area contributed by atoms with Crippen LogP contribution in [-0.2, 0) is 14.8 Å². The first-order valence-corrected chi connectivity index (χ1v) is 8.05. The fourth-order valence-corrected chi connectivity index (χ4v) is 3.70. The van der Waals surface area contributed by atoms with E-state index in [2.05, 4.69) is 0 Å². The minimum absolute atomic E-state index is 0.0486. The molecule has 0 bridgehead atoms. The van der Waals surface area contributed by atoms with Gasteiger partial charge in [-0.05, 0) is 30.9 Å². The molecule has 1 heterocycles. The number of rotatable bonds is 4. The summed E-state index contributed by atoms with van der Waals surface area (Å²) in [6.07, 6.45) is 1.70. The second-order valence-electron chi connectivity index (χ2n) is 5.18. The van der Waals surface area contributed by atoms with E-state index in [1.54, 1.807) is 0 Å². The van der Waals surface area contributed by atoms with Crippen molar-refractivity contribution in [2.75, 3.05) is 32.5 Å². The van der Waals surface area contributed by atoms with Crippen molar-refractivity contribution in [2.24, 2.45) is 5.92 Å². The predicted octanol–water partition coefficient (Wildman–Crippen LogP) is 1.59. The molecule has 0 amide bonds. The standard InChI is InChI=1S/C13H18F2N2O3S/c1-17(7-9-3-2-4-20-8-9)21(18,19)12-6-10(16)5-11(14)13(12)15/h5-6,9H,2-4,7-8,16H2,1H3. The van der Waals surface area contributed by atoms with Crippen LogP contribution in [-0.4, -0.2) is 39.5 Å². The SMILES string of the molecule is CN(CC1CCCOC1)S(=O)(=O)c1cc(N)cc(F)c1F. The molecule has 118 valence electrons. The van der Waals surface area contributed by atoms with Crippen LogP contribution in [0.4, 0.5) is 14.5 Å². The Morgan fingerprint density at radius 3 is 2.76 bits per heavy atom. The molecule has 1 atom stereocenters. The molecule has 0 saturated carbocycles. The van der Waals surface area contributed by atoms with Crippen LogP contribution in [0.1, 0.15) is 12.8 Å². The van der Waals surface area contributed by atoms with E-state index in [1.807, 2.05) is 0 Å². The highest BCUT2D eigenvalue weighted by molar-refractivity contribution is 7.89. The molecule has 0 spiro atoms. The van der Waals surface area contributed by atoms with Crippen LogP contribution in [0.3, 0.4) is 0 Å². The van der Waals surface area contributed by atoms with Crippen LogP contribution in [0.15, 0.2) is 17.0 Å². The van der Waals surface area contributed by atoms with Gasteiger partial charge in [0.15, 0.2) is 11.6 Å². The lowest BCUT2D eigenvalue weighted by molar-refractivity contribution is 0.0495. The molecule has 0 radical (unpaired) electrons. The Balaban J connectivity index is 2.24. The zero-order chi connectivity index (χ0) is 15.6. The second kappa shape index (κ2) is 6.25. The Morgan fingerprint density at radius 1 is 1.43 bits per heavy atom. The fourth-order valence-electron chi connectivity index (χ4n) is 2.35. The van der Waals surface area contributed by atoms with Gasteiger partial charge in [0.25, 0.3) is 0 Å². The summed E-state index contributed by atoms with van der Waals surface area (Å²) in [5.74, 6) is -2.63. The number of nitrogens with zero attached hydrogens (tertiary/aromatic N) is 1. The number of nitrogens with two attached hydrogens (primary N) is 1. The van der Waals surface area contributed by atoms with Crippen LogP contribution >= 0.6 is 0 Å². The lowest BCUT2D eigenvalue weighted by Crippen LogP contribution is -2.35. The van der Waals surface area contributed by atoms with Crippen LogP contribution in [0.2, 0.25) is 0 Å². The number of hydrogen-bond donors (Lipinski definition) is 1. The van der Waals surface area contributed by atoms with Crippen molar-refractivity contribution in [3.8, 4) is 0 Å². The first-order chi connectivity index (χ1) is 9.82. The molecule has 1 aliphatic heterocycles. The highest BCUT2D eigenvalue weighted by Crippen LogP contribution is 2.25. The maximum Gasteiger partial charge on any atom is 0.245 e. The Hall–Kier alpha value is -1.25. The summed E-state index contributed by atoms with van der Waals surface area (Å²) in [6, 6.07) is 1.69. The third-order valence-electron chi connectivity index (χ3n) is 3.48. The molecule has 1 fully saturated rings. The molecule has 1 unspecified atom stereocenters. The van der Waals surface area contributed by atoms with E-state index in [-0.39, 0.29) is 18.2 Å². The average molecular weight is 320 g/mol. The van der Waals surface area contributed by atoms with Crippen LogP contribution in [0, 0.1) is 17.6 Å². The summed E-state index contributed by atoms with van der Waals surface area (Å²) in [5, 5.41) is 0. The van der Waals surface area contributed by atoms with Crippen molar-refractivity contribution in [1.82, 2.24) is 4.31 Å². The van der Waals surface area contributed by atoms with Gasteiger partial charge in [-0.15, -0.1) is 0 Å². The van der Waals surface area contributed by atoms with E-state index in [9.17, 15) is 17.2 Å². The minimum atomic E-state index is -4.13. The van der Waals surface area contributed by atoms with Crippen molar-refractivity contribution in [2.45, 2.75) is 17.7 Å². The largest absolute Gasteiger partial charge is 0.399 e. The van der Waals surface area contributed by atoms with Crippen molar-refractivity contribution in [3.63, 3.8) is 0 Å². The van der Waals surface area contributed by atoms with E-state index in [0.29, 0.717) is 13.2 Å². The second-order valence-corrected chi connectivity index (χ2v) is 7.20. The van der Waals surface area contributed by atoms with Gasteiger partial charge in [0.2, 0.25) is 10.0 Å². The number of benzene rings is 1. The molecule has 5 nitrogen and oxygen atoms in total. The van der Waals surface area contributed by atoms with Crippen molar-refractivity contribution >= 4 is 15.7 Å². The molecule has 1 aliphatic rings. The van der Waals surface area contributed by atoms with E-state index in [0.717, 1.165) is 29.3 Å². The van der Waals surface area contributed by atoms with Crippen LogP contribution < -0.4 is 5.73 Å². The number of sulfonamides is 1. The highest BCUT2D eigenvalue weighted by Gasteiger charge is 2.29. The molecule has 1 aromatic rings. The summed E-state index contributed by atoms with van der Waals surface area (Å²) in [5.41, 5.74) is 5.26. The summed E-state index contributed by atoms with van der Waals surface area (Å²) < 4.78 is 58.1. The zero-order valence-electron chi connectivity index (χ0n) is 11.7. The van der Waals surface area contributed by atoms with Gasteiger partial charge in [-0.1, -0.05) is 0 Å². The highest BCUT2D eigenvalue weighted by atomic mass is 32.2. The Labute approximate surface area is 122 Å². The van der Waals surface area contributed by atoms with Gasteiger partial charge < -0.3 is 10.5 Å². The van der Waals surface area contributed by atoms with E-state index in [4.69, 9.17) is 10.5 Å². The monoisotopic (exact) mass is 320 g/mol. The smallest absolute Gasteiger partial charge is 0.245 e. The average Bonchev–Trinajstić information content (AvgIpc) is 2.43. The summed E-state index contributed by atoms with van der Waals surface area (Å²) in [6.45, 7) is 1.33. The number of hydrogen-bond acceptors (Lipinski definition) is 4. The fraction of sp³-hybridized carbons (Fsp3) is 0.538. The van der Waals surface area contributed by atoms with Gasteiger partial charge in [0.05, 0.1) is 6.61 Å². The quantitative estimate of drug-likeness (QED) is 0.855. The molecule has 8 heteroatoms. The molecule has 1 aromatic carbocycles. The van der Waals surface area contributed by atoms with Crippen LogP contribution in [0.5, 0.6) is 0 Å². The maximum absolute atomic E-state index is 13.8. The van der Waals surface area contributed by atoms with Crippen molar-refractivity contribution in [3.05, 3.63) is 23.8 Å². The van der Waals surface area contributed by atoms with Crippen molar-refractivity contribution in [1.29, 1.82) is 0 Å². The summed E-state index contributed by atoms with van der Waals surface area (Å²) in [7, 11) is -2.79. The lowest BCUT2D eigenvalue weighted by Gasteiger charge is -2.26. The van der Waals surface area contributed by atoms with E-state index < -0.39 is 26.6 Å². The molecular weight excluding hydrogens is 302 g/mol. The number of ether oxygens (including phenoxy) is 1. The van der Waals surface area contributed by atoms with E-state index >= 15 is 0 Å². The topological polar surface area (TPSA) is 72.6 Å². The minimum Gasteiger partial charge on any atom is -0.399 e. The van der Waals surface area contributed by atoms with Gasteiger partial charge in [-0.3, -0.25) is 0 Å². The lowest BCUT2D eigenvalue weighted by atomic mass is 10.0. The summed E-state index contributed by atoms with van der Waals surface area (Å²) >= 11 is 0. The molecule has 1 saturated heterocycles. The zero-order valence-corrected chi connectivity index (χ0v) is 12.5. The Morgan fingerprint density at radius 2 is 2.14 bits per heavy atom. The van der Waals surface area contributed by atoms with Gasteiger partial charge >= 0.3 is 0 Å². The Bertz CT molecular complexity index is 616. The molecule has 0 aromatic heterocycles. The Kier molecular flexibility index (Phi) is 4.80. The van der Waals surface area contributed by atoms with Crippen LogP contribution in [0.25, 0.3) is 0 Å². The molecular formula is C13H18F2N2O3S. The first kappa shape index (κ1) is 16.1. The molecule has 2 rings (SSSR count). The van der Waals surface area contributed by atoms with Gasteiger partial charge in [0.1, 0.15) is 4.90 Å². The predicted molar refractivity (Wildman–Crippen MR) is 74.1 cm³/mol. The van der Waals surface area contributed by atoms with Gasteiger partial charge in [-0.25, -0.2) is 21.5 Å². The third-order valence-corrected chi connectivity index (χ3v) is 5.30. The first-order valence-electron chi connectivity index (χ1n) is 6.61. The number of nitrogen functional groups attached to an aromatic ring is 1. The number of anilines is 1. The third kappa shape index (κ3) is 3.50. The van der Waals surface area contributed by atoms with E-state index in [1.165, 1.54) is 7.05 Å². The number of halogens is 2. The molecule has 0 aliphatic carbocycles. The van der Waals surface area contributed by atoms with Crippen molar-refractivity contribution < 1.29 is 21.9 Å². The van der Waals surface area contributed by atoms with Gasteiger partial charge in [-0.2, -0.15) is 0 Å². The summed E-state index contributed by atoms with van der Waals surface area (Å²) in [4.78, 5) is -0.737. The molecule has 21 heavy (non-hydrogen) atoms. The maximum atomic E-state index is 13.8.